The maximum absolute atomic E-state index is 11.7. The second-order valence-electron chi connectivity index (χ2n) is 4.60. The summed E-state index contributed by atoms with van der Waals surface area (Å²) in [7, 11) is 0. The van der Waals surface area contributed by atoms with Gasteiger partial charge in [-0.3, -0.25) is 9.59 Å². The monoisotopic (exact) mass is 271 g/mol. The number of amides is 2. The van der Waals surface area contributed by atoms with Crippen molar-refractivity contribution in [3.05, 3.63) is 0 Å². The van der Waals surface area contributed by atoms with Crippen molar-refractivity contribution in [1.29, 1.82) is 0 Å². The first-order valence-corrected chi connectivity index (χ1v) is 7.03. The minimum Gasteiger partial charge on any atom is -0.378 e. The summed E-state index contributed by atoms with van der Waals surface area (Å²) in [6.07, 6.45) is 0.765. The fourth-order valence-corrected chi connectivity index (χ4v) is 2.09. The Morgan fingerprint density at radius 2 is 2.11 bits per heavy atom. The third kappa shape index (κ3) is 6.02. The summed E-state index contributed by atoms with van der Waals surface area (Å²) in [6.45, 7) is 7.81. The predicted octanol–water partition coefficient (Wildman–Crippen LogP) is -0.260. The van der Waals surface area contributed by atoms with E-state index in [0.29, 0.717) is 45.7 Å². The number of morpholine rings is 1. The van der Waals surface area contributed by atoms with Crippen molar-refractivity contribution in [2.75, 3.05) is 39.4 Å². The van der Waals surface area contributed by atoms with Crippen molar-refractivity contribution < 1.29 is 14.3 Å². The van der Waals surface area contributed by atoms with Gasteiger partial charge in [-0.05, 0) is 13.8 Å². The van der Waals surface area contributed by atoms with Crippen molar-refractivity contribution in [2.45, 2.75) is 32.7 Å². The molecule has 1 saturated heterocycles. The van der Waals surface area contributed by atoms with E-state index in [1.807, 2.05) is 13.8 Å². The van der Waals surface area contributed by atoms with Crippen LogP contribution < -0.4 is 10.6 Å². The van der Waals surface area contributed by atoms with E-state index >= 15 is 0 Å². The van der Waals surface area contributed by atoms with Crippen molar-refractivity contribution in [3.8, 4) is 0 Å². The number of hydrogen-bond donors (Lipinski definition) is 2. The first kappa shape index (κ1) is 15.9. The standard InChI is InChI=1S/C13H25N3O3/c1-3-16(4-2)13(18)5-6-15-12(17)9-11-10-19-8-7-14-11/h11,14H,3-10H2,1-2H3,(H,15,17). The molecule has 0 radical (unpaired) electrons. The molecule has 19 heavy (non-hydrogen) atoms. The molecule has 0 bridgehead atoms. The Morgan fingerprint density at radius 1 is 1.37 bits per heavy atom. The van der Waals surface area contributed by atoms with Crippen LogP contribution in [0.5, 0.6) is 0 Å². The number of hydrogen-bond acceptors (Lipinski definition) is 4. The van der Waals surface area contributed by atoms with Crippen LogP contribution in [0.1, 0.15) is 26.7 Å². The van der Waals surface area contributed by atoms with Gasteiger partial charge in [0.25, 0.3) is 0 Å². The average molecular weight is 271 g/mol. The quantitative estimate of drug-likeness (QED) is 0.669. The second-order valence-corrected chi connectivity index (χ2v) is 4.60. The smallest absolute Gasteiger partial charge is 0.224 e. The zero-order valence-electron chi connectivity index (χ0n) is 11.9. The number of rotatable bonds is 7. The van der Waals surface area contributed by atoms with Gasteiger partial charge in [0, 0.05) is 45.1 Å². The zero-order valence-corrected chi connectivity index (χ0v) is 11.9. The fraction of sp³-hybridized carbons (Fsp3) is 0.846. The topological polar surface area (TPSA) is 70.7 Å². The molecule has 1 heterocycles. The van der Waals surface area contributed by atoms with Gasteiger partial charge in [-0.25, -0.2) is 0 Å². The number of nitrogens with zero attached hydrogens (tertiary/aromatic N) is 1. The van der Waals surface area contributed by atoms with Crippen LogP contribution in [0, 0.1) is 0 Å². The molecule has 6 nitrogen and oxygen atoms in total. The lowest BCUT2D eigenvalue weighted by atomic mass is 10.2. The van der Waals surface area contributed by atoms with Crippen LogP contribution in [0.2, 0.25) is 0 Å². The molecule has 0 saturated carbocycles. The van der Waals surface area contributed by atoms with E-state index in [9.17, 15) is 9.59 Å². The van der Waals surface area contributed by atoms with E-state index in [4.69, 9.17) is 4.74 Å². The highest BCUT2D eigenvalue weighted by molar-refractivity contribution is 5.79. The first-order chi connectivity index (χ1) is 9.17. The van der Waals surface area contributed by atoms with Crippen LogP contribution in [0.4, 0.5) is 0 Å². The highest BCUT2D eigenvalue weighted by Gasteiger charge is 2.17. The van der Waals surface area contributed by atoms with Gasteiger partial charge in [0.05, 0.1) is 13.2 Å². The summed E-state index contributed by atoms with van der Waals surface area (Å²) in [4.78, 5) is 25.2. The molecule has 0 aliphatic carbocycles. The lowest BCUT2D eigenvalue weighted by molar-refractivity contribution is -0.130. The number of carbonyl (C=O) groups excluding carboxylic acids is 2. The minimum absolute atomic E-state index is 0.0321. The minimum atomic E-state index is -0.0321. The van der Waals surface area contributed by atoms with E-state index in [1.54, 1.807) is 4.90 Å². The van der Waals surface area contributed by atoms with E-state index < -0.39 is 0 Å². The molecule has 0 spiro atoms. The molecular weight excluding hydrogens is 246 g/mol. The molecule has 2 N–H and O–H groups in total. The van der Waals surface area contributed by atoms with Gasteiger partial charge in [-0.2, -0.15) is 0 Å². The summed E-state index contributed by atoms with van der Waals surface area (Å²) in [6, 6.07) is 0.0900. The lowest BCUT2D eigenvalue weighted by Crippen LogP contribution is -2.44. The van der Waals surface area contributed by atoms with Crippen molar-refractivity contribution in [2.24, 2.45) is 0 Å². The maximum atomic E-state index is 11.7. The number of ether oxygens (including phenoxy) is 1. The van der Waals surface area contributed by atoms with Gasteiger partial charge in [0.2, 0.25) is 11.8 Å². The summed E-state index contributed by atoms with van der Waals surface area (Å²) in [5, 5.41) is 6.01. The number of nitrogens with one attached hydrogen (secondary N) is 2. The van der Waals surface area contributed by atoms with Crippen LogP contribution in [0.15, 0.2) is 0 Å². The third-order valence-corrected chi connectivity index (χ3v) is 3.21. The van der Waals surface area contributed by atoms with Gasteiger partial charge in [0.15, 0.2) is 0 Å². The van der Waals surface area contributed by atoms with Crippen LogP contribution in [-0.2, 0) is 14.3 Å². The van der Waals surface area contributed by atoms with E-state index in [2.05, 4.69) is 10.6 Å². The molecule has 1 rings (SSSR count). The average Bonchev–Trinajstić information content (AvgIpc) is 2.41. The Hall–Kier alpha value is -1.14. The normalized spacial score (nSPS) is 18.9. The molecule has 1 atom stereocenters. The molecule has 2 amide bonds. The van der Waals surface area contributed by atoms with Gasteiger partial charge in [0.1, 0.15) is 0 Å². The van der Waals surface area contributed by atoms with Crippen LogP contribution >= 0.6 is 0 Å². The molecule has 1 aliphatic rings. The van der Waals surface area contributed by atoms with Gasteiger partial charge < -0.3 is 20.3 Å². The molecule has 0 aromatic rings. The van der Waals surface area contributed by atoms with E-state index in [1.165, 1.54) is 0 Å². The largest absolute Gasteiger partial charge is 0.378 e. The summed E-state index contributed by atoms with van der Waals surface area (Å²) >= 11 is 0. The third-order valence-electron chi connectivity index (χ3n) is 3.21. The van der Waals surface area contributed by atoms with Crippen LogP contribution in [0.3, 0.4) is 0 Å². The Kier molecular flexibility index (Phi) is 7.43. The van der Waals surface area contributed by atoms with Gasteiger partial charge in [-0.1, -0.05) is 0 Å². The Balaban J connectivity index is 2.14. The fourth-order valence-electron chi connectivity index (χ4n) is 2.09. The SMILES string of the molecule is CCN(CC)C(=O)CCNC(=O)CC1COCCN1. The van der Waals surface area contributed by atoms with Crippen LogP contribution in [-0.4, -0.2) is 62.1 Å². The molecule has 1 fully saturated rings. The van der Waals surface area contributed by atoms with Gasteiger partial charge >= 0.3 is 0 Å². The summed E-state index contributed by atoms with van der Waals surface area (Å²) in [5.41, 5.74) is 0. The molecule has 1 unspecified atom stereocenters. The molecule has 1 aliphatic heterocycles. The maximum Gasteiger partial charge on any atom is 0.224 e. The zero-order chi connectivity index (χ0) is 14.1. The molecule has 110 valence electrons. The van der Waals surface area contributed by atoms with Crippen molar-refractivity contribution in [1.82, 2.24) is 15.5 Å². The van der Waals surface area contributed by atoms with Gasteiger partial charge in [-0.15, -0.1) is 0 Å². The predicted molar refractivity (Wildman–Crippen MR) is 72.8 cm³/mol. The van der Waals surface area contributed by atoms with E-state index in [-0.39, 0.29) is 17.9 Å². The summed E-state index contributed by atoms with van der Waals surface area (Å²) < 4.78 is 5.28. The first-order valence-electron chi connectivity index (χ1n) is 7.03. The van der Waals surface area contributed by atoms with Crippen LogP contribution in [0.25, 0.3) is 0 Å². The van der Waals surface area contributed by atoms with Crippen molar-refractivity contribution in [3.63, 3.8) is 0 Å². The Morgan fingerprint density at radius 3 is 2.68 bits per heavy atom. The Bertz CT molecular complexity index is 287. The van der Waals surface area contributed by atoms with Crippen molar-refractivity contribution >= 4 is 11.8 Å². The molecule has 0 aromatic heterocycles. The molecule has 0 aromatic carbocycles. The molecular formula is C13H25N3O3. The highest BCUT2D eigenvalue weighted by atomic mass is 16.5. The highest BCUT2D eigenvalue weighted by Crippen LogP contribution is 1.98. The summed E-state index contributed by atoms with van der Waals surface area (Å²) in [5.74, 6) is 0.0553. The Labute approximate surface area is 114 Å². The lowest BCUT2D eigenvalue weighted by Gasteiger charge is -2.23. The van der Waals surface area contributed by atoms with E-state index in [0.717, 1.165) is 6.54 Å². The second kappa shape index (κ2) is 8.87. The number of carbonyl (C=O) groups is 2. The molecule has 6 heteroatoms.